The van der Waals surface area contributed by atoms with E-state index in [-0.39, 0.29) is 18.1 Å². The van der Waals surface area contributed by atoms with Crippen LogP contribution >= 0.6 is 0 Å². The Morgan fingerprint density at radius 2 is 2.19 bits per heavy atom. The summed E-state index contributed by atoms with van der Waals surface area (Å²) in [6, 6.07) is 6.35. The van der Waals surface area contributed by atoms with Gasteiger partial charge in [0.25, 0.3) is 0 Å². The zero-order chi connectivity index (χ0) is 11.5. The van der Waals surface area contributed by atoms with Crippen LogP contribution in [-0.4, -0.2) is 20.6 Å². The number of carboxylic acid groups (broad SMARTS) is 1. The average Bonchev–Trinajstić information content (AvgIpc) is 2.70. The third kappa shape index (κ3) is 2.08. The molecule has 0 aliphatic carbocycles. The van der Waals surface area contributed by atoms with E-state index in [2.05, 4.69) is 4.98 Å². The number of halogens is 1. The van der Waals surface area contributed by atoms with Crippen molar-refractivity contribution in [3.05, 3.63) is 53.9 Å². The van der Waals surface area contributed by atoms with Crippen molar-refractivity contribution in [1.82, 2.24) is 9.55 Å². The maximum atomic E-state index is 13.3. The molecule has 1 heterocycles. The van der Waals surface area contributed by atoms with E-state index in [4.69, 9.17) is 5.11 Å². The van der Waals surface area contributed by atoms with Gasteiger partial charge < -0.3 is 9.67 Å². The van der Waals surface area contributed by atoms with E-state index in [9.17, 15) is 9.18 Å². The molecule has 0 fully saturated rings. The summed E-state index contributed by atoms with van der Waals surface area (Å²) in [7, 11) is 0. The van der Waals surface area contributed by atoms with E-state index in [0.717, 1.165) is 0 Å². The van der Waals surface area contributed by atoms with Crippen LogP contribution in [0.1, 0.15) is 16.1 Å². The minimum absolute atomic E-state index is 0.0451. The third-order valence-corrected chi connectivity index (χ3v) is 2.16. The van der Waals surface area contributed by atoms with Crippen molar-refractivity contribution in [1.29, 1.82) is 0 Å². The summed E-state index contributed by atoms with van der Waals surface area (Å²) in [5, 5.41) is 8.67. The van der Waals surface area contributed by atoms with Gasteiger partial charge in [0, 0.05) is 11.8 Å². The number of aromatic carboxylic acids is 1. The summed E-state index contributed by atoms with van der Waals surface area (Å²) >= 11 is 0. The van der Waals surface area contributed by atoms with Gasteiger partial charge in [-0.1, -0.05) is 18.2 Å². The SMILES string of the molecule is O=C(O)c1cn(Cc2ccccc2F)cn1. The van der Waals surface area contributed by atoms with Gasteiger partial charge in [0.1, 0.15) is 5.82 Å². The molecule has 5 heteroatoms. The number of hydrogen-bond donors (Lipinski definition) is 1. The van der Waals surface area contributed by atoms with Gasteiger partial charge in [-0.05, 0) is 6.07 Å². The van der Waals surface area contributed by atoms with E-state index >= 15 is 0 Å². The average molecular weight is 220 g/mol. The smallest absolute Gasteiger partial charge is 0.356 e. The first kappa shape index (κ1) is 10.4. The summed E-state index contributed by atoms with van der Waals surface area (Å²) in [6.07, 6.45) is 2.74. The van der Waals surface area contributed by atoms with Crippen molar-refractivity contribution >= 4 is 5.97 Å². The van der Waals surface area contributed by atoms with Crippen LogP contribution in [0.4, 0.5) is 4.39 Å². The molecule has 0 bridgehead atoms. The van der Waals surface area contributed by atoms with Crippen molar-refractivity contribution in [2.75, 3.05) is 0 Å². The Bertz CT molecular complexity index is 522. The molecular formula is C11H9FN2O2. The topological polar surface area (TPSA) is 55.1 Å². The highest BCUT2D eigenvalue weighted by molar-refractivity contribution is 5.84. The second-order valence-corrected chi connectivity index (χ2v) is 3.33. The van der Waals surface area contributed by atoms with E-state index in [0.29, 0.717) is 5.56 Å². The molecule has 0 amide bonds. The Morgan fingerprint density at radius 1 is 1.44 bits per heavy atom. The van der Waals surface area contributed by atoms with Crippen molar-refractivity contribution in [2.45, 2.75) is 6.54 Å². The molecule has 0 aliphatic heterocycles. The first-order valence-corrected chi connectivity index (χ1v) is 4.65. The normalized spacial score (nSPS) is 10.3. The van der Waals surface area contributed by atoms with Crippen molar-refractivity contribution in [3.8, 4) is 0 Å². The van der Waals surface area contributed by atoms with Gasteiger partial charge in [-0.25, -0.2) is 14.2 Å². The zero-order valence-electron chi connectivity index (χ0n) is 8.30. The van der Waals surface area contributed by atoms with Crippen LogP contribution in [0.5, 0.6) is 0 Å². The molecule has 0 radical (unpaired) electrons. The molecule has 2 rings (SSSR count). The van der Waals surface area contributed by atoms with E-state index < -0.39 is 5.97 Å². The second kappa shape index (κ2) is 4.14. The Morgan fingerprint density at radius 3 is 2.81 bits per heavy atom. The molecule has 0 spiro atoms. The highest BCUT2D eigenvalue weighted by atomic mass is 19.1. The summed E-state index contributed by atoms with van der Waals surface area (Å²) in [5.74, 6) is -1.40. The van der Waals surface area contributed by atoms with Crippen LogP contribution in [0.2, 0.25) is 0 Å². The molecular weight excluding hydrogens is 211 g/mol. The second-order valence-electron chi connectivity index (χ2n) is 3.33. The molecule has 0 unspecified atom stereocenters. The maximum absolute atomic E-state index is 13.3. The third-order valence-electron chi connectivity index (χ3n) is 2.16. The number of rotatable bonds is 3. The molecule has 0 saturated carbocycles. The maximum Gasteiger partial charge on any atom is 0.356 e. The van der Waals surface area contributed by atoms with Crippen LogP contribution in [0.25, 0.3) is 0 Å². The van der Waals surface area contributed by atoms with Crippen molar-refractivity contribution in [2.24, 2.45) is 0 Å². The van der Waals surface area contributed by atoms with Gasteiger partial charge in [-0.2, -0.15) is 0 Å². The Labute approximate surface area is 91.0 Å². The molecule has 82 valence electrons. The lowest BCUT2D eigenvalue weighted by atomic mass is 10.2. The van der Waals surface area contributed by atoms with Crippen LogP contribution in [0, 0.1) is 5.82 Å². The van der Waals surface area contributed by atoms with Crippen molar-refractivity contribution < 1.29 is 14.3 Å². The standard InChI is InChI=1S/C11H9FN2O2/c12-9-4-2-1-3-8(9)5-14-6-10(11(15)16)13-7-14/h1-4,6-7H,5H2,(H,15,16). The summed E-state index contributed by atoms with van der Waals surface area (Å²) in [4.78, 5) is 14.3. The van der Waals surface area contributed by atoms with Gasteiger partial charge in [-0.3, -0.25) is 0 Å². The molecule has 2 aromatic rings. The largest absolute Gasteiger partial charge is 0.476 e. The highest BCUT2D eigenvalue weighted by Crippen LogP contribution is 2.08. The summed E-state index contributed by atoms with van der Waals surface area (Å²) in [6.45, 7) is 0.271. The molecule has 1 aromatic heterocycles. The fraction of sp³-hybridized carbons (Fsp3) is 0.0909. The van der Waals surface area contributed by atoms with Crippen LogP contribution < -0.4 is 0 Å². The molecule has 1 N–H and O–H groups in total. The van der Waals surface area contributed by atoms with Crippen molar-refractivity contribution in [3.63, 3.8) is 0 Å². The predicted molar refractivity (Wildman–Crippen MR) is 54.7 cm³/mol. The summed E-state index contributed by atoms with van der Waals surface area (Å²) < 4.78 is 14.8. The van der Waals surface area contributed by atoms with E-state index in [1.807, 2.05) is 0 Å². The lowest BCUT2D eigenvalue weighted by Gasteiger charge is -2.02. The molecule has 0 saturated heterocycles. The minimum Gasteiger partial charge on any atom is -0.476 e. The molecule has 0 aliphatic rings. The number of carbonyl (C=O) groups is 1. The number of carboxylic acids is 1. The Hall–Kier alpha value is -2.17. The first-order valence-electron chi connectivity index (χ1n) is 4.65. The van der Waals surface area contributed by atoms with Gasteiger partial charge in [-0.15, -0.1) is 0 Å². The molecule has 4 nitrogen and oxygen atoms in total. The number of imidazole rings is 1. The first-order chi connectivity index (χ1) is 7.66. The van der Waals surface area contributed by atoms with E-state index in [1.54, 1.807) is 18.2 Å². The quantitative estimate of drug-likeness (QED) is 0.857. The molecule has 16 heavy (non-hydrogen) atoms. The van der Waals surface area contributed by atoms with Gasteiger partial charge in [0.05, 0.1) is 12.9 Å². The lowest BCUT2D eigenvalue weighted by molar-refractivity contribution is 0.0691. The monoisotopic (exact) mass is 220 g/mol. The number of benzene rings is 1. The van der Waals surface area contributed by atoms with Crippen LogP contribution in [0.3, 0.4) is 0 Å². The van der Waals surface area contributed by atoms with E-state index in [1.165, 1.54) is 23.2 Å². The zero-order valence-corrected chi connectivity index (χ0v) is 8.30. The number of hydrogen-bond acceptors (Lipinski definition) is 2. The lowest BCUT2D eigenvalue weighted by Crippen LogP contribution is -2.00. The molecule has 1 aromatic carbocycles. The fourth-order valence-electron chi connectivity index (χ4n) is 1.38. The van der Waals surface area contributed by atoms with Gasteiger partial charge >= 0.3 is 5.97 Å². The van der Waals surface area contributed by atoms with Crippen LogP contribution in [-0.2, 0) is 6.54 Å². The minimum atomic E-state index is -1.09. The van der Waals surface area contributed by atoms with Crippen LogP contribution in [0.15, 0.2) is 36.8 Å². The number of nitrogens with zero attached hydrogens (tertiary/aromatic N) is 2. The summed E-state index contributed by atoms with van der Waals surface area (Å²) in [5.41, 5.74) is 0.452. The Kier molecular flexibility index (Phi) is 2.68. The highest BCUT2D eigenvalue weighted by Gasteiger charge is 2.07. The molecule has 0 atom stereocenters. The fourth-order valence-corrected chi connectivity index (χ4v) is 1.38. The predicted octanol–water partition coefficient (Wildman–Crippen LogP) is 1.77. The number of aromatic nitrogens is 2. The van der Waals surface area contributed by atoms with Gasteiger partial charge in [0.2, 0.25) is 0 Å². The Balaban J connectivity index is 2.21. The van der Waals surface area contributed by atoms with Gasteiger partial charge in [0.15, 0.2) is 5.69 Å².